The van der Waals surface area contributed by atoms with Gasteiger partial charge in [-0.2, -0.15) is 0 Å². The maximum Gasteiger partial charge on any atom is 0.317 e. The Labute approximate surface area is 94.1 Å². The van der Waals surface area contributed by atoms with Gasteiger partial charge in [0.2, 0.25) is 5.75 Å². The van der Waals surface area contributed by atoms with Crippen LogP contribution in [0, 0.1) is 30.9 Å². The molecule has 0 aliphatic carbocycles. The summed E-state index contributed by atoms with van der Waals surface area (Å²) in [6, 6.07) is 0. The monoisotopic (exact) mass is 225 g/mol. The summed E-state index contributed by atoms with van der Waals surface area (Å²) in [5, 5.41) is 11.0. The lowest BCUT2D eigenvalue weighted by Crippen LogP contribution is -2.03. The van der Waals surface area contributed by atoms with E-state index in [4.69, 9.17) is 9.47 Å². The van der Waals surface area contributed by atoms with E-state index in [2.05, 4.69) is 0 Å². The highest BCUT2D eigenvalue weighted by Crippen LogP contribution is 2.42. The molecule has 1 rings (SSSR count). The van der Waals surface area contributed by atoms with E-state index < -0.39 is 4.92 Å². The van der Waals surface area contributed by atoms with Gasteiger partial charge in [-0.1, -0.05) is 0 Å². The molecule has 0 fully saturated rings. The molecule has 0 heterocycles. The summed E-state index contributed by atoms with van der Waals surface area (Å²) in [5.74, 6) is 0.853. The molecule has 0 unspecified atom stereocenters. The Bertz CT molecular complexity index is 440. The molecule has 0 spiro atoms. The molecule has 5 heteroatoms. The molecule has 0 amide bonds. The summed E-state index contributed by atoms with van der Waals surface area (Å²) in [5.41, 5.74) is 2.06. The standard InChI is InChI=1S/C11H15NO4/c1-6-7(2)11(16-5)9(12(13)14)8(3)10(6)15-4/h1-5H3. The molecule has 0 atom stereocenters. The van der Waals surface area contributed by atoms with Gasteiger partial charge in [-0.15, -0.1) is 0 Å². The summed E-state index contributed by atoms with van der Waals surface area (Å²) in [7, 11) is 2.94. The van der Waals surface area contributed by atoms with Gasteiger partial charge in [0.1, 0.15) is 5.75 Å². The third kappa shape index (κ3) is 1.68. The van der Waals surface area contributed by atoms with Crippen LogP contribution in [0.5, 0.6) is 11.5 Å². The fraction of sp³-hybridized carbons (Fsp3) is 0.455. The Morgan fingerprint density at radius 3 is 1.75 bits per heavy atom. The molecule has 0 bridgehead atoms. The topological polar surface area (TPSA) is 61.6 Å². The highest BCUT2D eigenvalue weighted by atomic mass is 16.6. The van der Waals surface area contributed by atoms with Crippen molar-refractivity contribution in [3.05, 3.63) is 26.8 Å². The number of benzene rings is 1. The van der Waals surface area contributed by atoms with E-state index >= 15 is 0 Å². The number of hydrogen-bond acceptors (Lipinski definition) is 4. The van der Waals surface area contributed by atoms with Crippen molar-refractivity contribution in [1.82, 2.24) is 0 Å². The van der Waals surface area contributed by atoms with Crippen LogP contribution in [0.15, 0.2) is 0 Å². The molecule has 0 aliphatic heterocycles. The van der Waals surface area contributed by atoms with Crippen molar-refractivity contribution in [2.45, 2.75) is 20.8 Å². The van der Waals surface area contributed by atoms with Gasteiger partial charge in [0.05, 0.1) is 24.7 Å². The molecule has 0 aliphatic rings. The molecule has 5 nitrogen and oxygen atoms in total. The lowest BCUT2D eigenvalue weighted by Gasteiger charge is -2.15. The van der Waals surface area contributed by atoms with Gasteiger partial charge < -0.3 is 9.47 Å². The fourth-order valence-electron chi connectivity index (χ4n) is 1.85. The van der Waals surface area contributed by atoms with Crippen LogP contribution in [-0.2, 0) is 0 Å². The minimum absolute atomic E-state index is 0.0255. The van der Waals surface area contributed by atoms with Gasteiger partial charge in [-0.3, -0.25) is 10.1 Å². The number of nitro benzene ring substituents is 1. The van der Waals surface area contributed by atoms with Gasteiger partial charge in [-0.25, -0.2) is 0 Å². The molecule has 88 valence electrons. The molecule has 0 radical (unpaired) electrons. The van der Waals surface area contributed by atoms with Gasteiger partial charge >= 0.3 is 5.69 Å². The predicted octanol–water partition coefficient (Wildman–Crippen LogP) is 2.54. The van der Waals surface area contributed by atoms with Crippen LogP contribution in [0.3, 0.4) is 0 Å². The van der Waals surface area contributed by atoms with Crippen molar-refractivity contribution in [2.75, 3.05) is 14.2 Å². The van der Waals surface area contributed by atoms with Crippen LogP contribution >= 0.6 is 0 Å². The Morgan fingerprint density at radius 1 is 0.938 bits per heavy atom. The van der Waals surface area contributed by atoms with Gasteiger partial charge in [0.25, 0.3) is 0 Å². The largest absolute Gasteiger partial charge is 0.496 e. The number of ether oxygens (including phenoxy) is 2. The second-order valence-corrected chi connectivity index (χ2v) is 3.55. The average Bonchev–Trinajstić information content (AvgIpc) is 2.23. The third-order valence-electron chi connectivity index (χ3n) is 2.75. The van der Waals surface area contributed by atoms with Crippen molar-refractivity contribution in [3.8, 4) is 11.5 Å². The number of rotatable bonds is 3. The Balaban J connectivity index is 3.71. The first-order valence-corrected chi connectivity index (χ1v) is 4.81. The SMILES string of the molecule is COc1c(C)c(C)c(OC)c([N+](=O)[O-])c1C. The van der Waals surface area contributed by atoms with E-state index in [1.807, 2.05) is 6.92 Å². The second kappa shape index (κ2) is 4.38. The molecule has 1 aromatic rings. The summed E-state index contributed by atoms with van der Waals surface area (Å²) < 4.78 is 10.3. The van der Waals surface area contributed by atoms with Crippen LogP contribution in [-0.4, -0.2) is 19.1 Å². The van der Waals surface area contributed by atoms with Crippen LogP contribution in [0.2, 0.25) is 0 Å². The number of nitro groups is 1. The molecule has 0 saturated carbocycles. The first-order valence-electron chi connectivity index (χ1n) is 4.81. The molecular formula is C11H15NO4. The van der Waals surface area contributed by atoms with Crippen molar-refractivity contribution >= 4 is 5.69 Å². The quantitative estimate of drug-likeness (QED) is 0.585. The first-order chi connectivity index (χ1) is 7.45. The molecule has 1 aromatic carbocycles. The first kappa shape index (κ1) is 12.3. The molecule has 0 saturated heterocycles. The van der Waals surface area contributed by atoms with E-state index in [9.17, 15) is 10.1 Å². The van der Waals surface area contributed by atoms with Crippen LogP contribution in [0.1, 0.15) is 16.7 Å². The lowest BCUT2D eigenvalue weighted by atomic mass is 10.0. The normalized spacial score (nSPS) is 10.1. The van der Waals surface area contributed by atoms with E-state index in [0.717, 1.165) is 11.1 Å². The highest BCUT2D eigenvalue weighted by Gasteiger charge is 2.26. The van der Waals surface area contributed by atoms with Crippen molar-refractivity contribution < 1.29 is 14.4 Å². The van der Waals surface area contributed by atoms with Crippen molar-refractivity contribution in [2.24, 2.45) is 0 Å². The van der Waals surface area contributed by atoms with E-state index in [1.165, 1.54) is 14.2 Å². The van der Waals surface area contributed by atoms with E-state index in [-0.39, 0.29) is 5.69 Å². The van der Waals surface area contributed by atoms with E-state index in [1.54, 1.807) is 13.8 Å². The molecule has 16 heavy (non-hydrogen) atoms. The van der Waals surface area contributed by atoms with Crippen LogP contribution in [0.4, 0.5) is 5.69 Å². The van der Waals surface area contributed by atoms with Crippen LogP contribution < -0.4 is 9.47 Å². The number of methoxy groups -OCH3 is 2. The maximum absolute atomic E-state index is 11.0. The summed E-state index contributed by atoms with van der Waals surface area (Å²) in [4.78, 5) is 10.6. The van der Waals surface area contributed by atoms with Crippen LogP contribution in [0.25, 0.3) is 0 Å². The Hall–Kier alpha value is -1.78. The van der Waals surface area contributed by atoms with Gasteiger partial charge in [0, 0.05) is 5.56 Å². The zero-order valence-corrected chi connectivity index (χ0v) is 10.1. The molecule has 0 aromatic heterocycles. The summed E-state index contributed by atoms with van der Waals surface area (Å²) >= 11 is 0. The third-order valence-corrected chi connectivity index (χ3v) is 2.75. The minimum atomic E-state index is -0.441. The van der Waals surface area contributed by atoms with Crippen molar-refractivity contribution in [1.29, 1.82) is 0 Å². The minimum Gasteiger partial charge on any atom is -0.496 e. The van der Waals surface area contributed by atoms with Gasteiger partial charge in [0.15, 0.2) is 0 Å². The Kier molecular flexibility index (Phi) is 3.37. The highest BCUT2D eigenvalue weighted by molar-refractivity contribution is 5.65. The lowest BCUT2D eigenvalue weighted by molar-refractivity contribution is -0.386. The van der Waals surface area contributed by atoms with E-state index in [0.29, 0.717) is 17.1 Å². The zero-order chi connectivity index (χ0) is 12.5. The fourth-order valence-corrected chi connectivity index (χ4v) is 1.85. The van der Waals surface area contributed by atoms with Gasteiger partial charge in [-0.05, 0) is 26.3 Å². The Morgan fingerprint density at radius 2 is 1.38 bits per heavy atom. The summed E-state index contributed by atoms with van der Waals surface area (Å²) in [6.07, 6.45) is 0. The average molecular weight is 225 g/mol. The van der Waals surface area contributed by atoms with Crippen molar-refractivity contribution in [3.63, 3.8) is 0 Å². The second-order valence-electron chi connectivity index (χ2n) is 3.55. The smallest absolute Gasteiger partial charge is 0.317 e. The predicted molar refractivity (Wildman–Crippen MR) is 60.4 cm³/mol. The zero-order valence-electron chi connectivity index (χ0n) is 10.1. The number of nitrogens with zero attached hydrogens (tertiary/aromatic N) is 1. The molecular weight excluding hydrogens is 210 g/mol. The maximum atomic E-state index is 11.0. The summed E-state index contributed by atoms with van der Waals surface area (Å²) in [6.45, 7) is 5.29. The molecule has 0 N–H and O–H groups in total. The number of hydrogen-bond donors (Lipinski definition) is 0.